The zero-order valence-electron chi connectivity index (χ0n) is 11.1. The van der Waals surface area contributed by atoms with E-state index >= 15 is 0 Å². The first kappa shape index (κ1) is 14.7. The summed E-state index contributed by atoms with van der Waals surface area (Å²) in [5.41, 5.74) is 0.413. The molecular weight excluding hydrogens is 274 g/mol. The Labute approximate surface area is 121 Å². The van der Waals surface area contributed by atoms with Gasteiger partial charge in [-0.3, -0.25) is 0 Å². The molecule has 0 aliphatic heterocycles. The fourth-order valence-corrected chi connectivity index (χ4v) is 1.81. The number of esters is 1. The van der Waals surface area contributed by atoms with Crippen molar-refractivity contribution < 1.29 is 18.3 Å². The van der Waals surface area contributed by atoms with Gasteiger partial charge in [0.1, 0.15) is 11.6 Å². The third-order valence-corrected chi connectivity index (χ3v) is 2.85. The highest BCUT2D eigenvalue weighted by Gasteiger charge is 2.18. The fourth-order valence-electron chi connectivity index (χ4n) is 1.81. The molecule has 0 saturated heterocycles. The third kappa shape index (κ3) is 3.90. The van der Waals surface area contributed by atoms with Gasteiger partial charge < -0.3 is 4.74 Å². The van der Waals surface area contributed by atoms with E-state index in [1.54, 1.807) is 0 Å². The minimum atomic E-state index is -0.981. The Bertz CT molecular complexity index is 675. The Balaban J connectivity index is 2.10. The molecule has 2 aromatic rings. The Kier molecular flexibility index (Phi) is 4.68. The van der Waals surface area contributed by atoms with Gasteiger partial charge in [-0.05, 0) is 23.8 Å². The summed E-state index contributed by atoms with van der Waals surface area (Å²) in [5, 5.41) is 0. The Morgan fingerprint density at radius 1 is 1.19 bits per heavy atom. The first-order valence-electron chi connectivity index (χ1n) is 6.26. The lowest BCUT2D eigenvalue weighted by Crippen LogP contribution is -2.20. The lowest BCUT2D eigenvalue weighted by molar-refractivity contribution is 0.0405. The molecule has 4 heteroatoms. The van der Waals surface area contributed by atoms with Gasteiger partial charge in [0.2, 0.25) is 0 Å². The van der Waals surface area contributed by atoms with Crippen molar-refractivity contribution in [1.29, 1.82) is 0 Å². The lowest BCUT2D eigenvalue weighted by Gasteiger charge is -2.13. The fraction of sp³-hybridized carbons (Fsp3) is 0.118. The Morgan fingerprint density at radius 2 is 1.90 bits per heavy atom. The minimum Gasteiger partial charge on any atom is -0.445 e. The highest BCUT2D eigenvalue weighted by Crippen LogP contribution is 2.13. The molecule has 21 heavy (non-hydrogen) atoms. The van der Waals surface area contributed by atoms with Crippen LogP contribution in [0.1, 0.15) is 15.9 Å². The van der Waals surface area contributed by atoms with Crippen molar-refractivity contribution in [3.63, 3.8) is 0 Å². The van der Waals surface area contributed by atoms with E-state index in [4.69, 9.17) is 11.2 Å². The van der Waals surface area contributed by atoms with Crippen LogP contribution in [0.15, 0.2) is 48.5 Å². The van der Waals surface area contributed by atoms with Crippen molar-refractivity contribution in [3.05, 3.63) is 71.3 Å². The van der Waals surface area contributed by atoms with E-state index in [9.17, 15) is 13.6 Å². The van der Waals surface area contributed by atoms with Crippen LogP contribution in [0.3, 0.4) is 0 Å². The van der Waals surface area contributed by atoms with E-state index < -0.39 is 29.3 Å². The number of hydrogen-bond donors (Lipinski definition) is 0. The molecule has 2 aromatic carbocycles. The molecule has 106 valence electrons. The number of benzene rings is 2. The summed E-state index contributed by atoms with van der Waals surface area (Å²) in [6.45, 7) is 0. The first-order chi connectivity index (χ1) is 10.1. The average Bonchev–Trinajstić information content (AvgIpc) is 2.50. The molecule has 0 aliphatic rings. The van der Waals surface area contributed by atoms with Gasteiger partial charge in [0, 0.05) is 6.42 Å². The van der Waals surface area contributed by atoms with Crippen molar-refractivity contribution in [2.75, 3.05) is 0 Å². The molecule has 0 unspecified atom stereocenters. The number of halogens is 2. The van der Waals surface area contributed by atoms with Crippen LogP contribution >= 0.6 is 0 Å². The molecular formula is C17H12F2O2. The van der Waals surface area contributed by atoms with Gasteiger partial charge in [0.25, 0.3) is 0 Å². The van der Waals surface area contributed by atoms with Gasteiger partial charge in [0.15, 0.2) is 6.10 Å². The summed E-state index contributed by atoms with van der Waals surface area (Å²) < 4.78 is 31.6. The number of hydrogen-bond acceptors (Lipinski definition) is 2. The highest BCUT2D eigenvalue weighted by molar-refractivity contribution is 5.90. The quantitative estimate of drug-likeness (QED) is 0.636. The maximum atomic E-state index is 13.5. The second-order valence-corrected chi connectivity index (χ2v) is 4.37. The van der Waals surface area contributed by atoms with Crippen LogP contribution in [0.5, 0.6) is 0 Å². The molecule has 0 bridgehead atoms. The monoisotopic (exact) mass is 286 g/mol. The van der Waals surface area contributed by atoms with Crippen molar-refractivity contribution >= 4 is 5.97 Å². The summed E-state index contributed by atoms with van der Waals surface area (Å²) in [5.74, 6) is -0.224. The van der Waals surface area contributed by atoms with Crippen LogP contribution in [0.4, 0.5) is 8.78 Å². The van der Waals surface area contributed by atoms with Gasteiger partial charge in [-0.1, -0.05) is 36.3 Å². The molecule has 0 aliphatic carbocycles. The molecule has 2 nitrogen and oxygen atoms in total. The normalized spacial score (nSPS) is 11.5. The molecule has 0 fully saturated rings. The van der Waals surface area contributed by atoms with Gasteiger partial charge in [-0.25, -0.2) is 13.6 Å². The van der Waals surface area contributed by atoms with E-state index in [2.05, 4.69) is 5.92 Å². The maximum Gasteiger partial charge on any atom is 0.342 e. The van der Waals surface area contributed by atoms with Gasteiger partial charge in [0.05, 0.1) is 5.56 Å². The van der Waals surface area contributed by atoms with Crippen LogP contribution in [0.25, 0.3) is 0 Å². The third-order valence-electron chi connectivity index (χ3n) is 2.85. The average molecular weight is 286 g/mol. The number of carbonyl (C=O) groups excluding carboxylic acids is 1. The summed E-state index contributed by atoms with van der Waals surface area (Å²) in [6, 6.07) is 11.8. The molecule has 2 rings (SSSR count). The summed E-state index contributed by atoms with van der Waals surface area (Å²) in [7, 11) is 0. The molecule has 0 saturated carbocycles. The second-order valence-electron chi connectivity index (χ2n) is 4.37. The predicted molar refractivity (Wildman–Crippen MR) is 74.5 cm³/mol. The van der Waals surface area contributed by atoms with Crippen LogP contribution in [-0.2, 0) is 11.2 Å². The zero-order chi connectivity index (χ0) is 15.2. The van der Waals surface area contributed by atoms with Crippen LogP contribution in [0.2, 0.25) is 0 Å². The SMILES string of the molecule is C#C[C@H](Cc1ccccc1)OC(=O)c1cc(F)ccc1F. The zero-order valence-corrected chi connectivity index (χ0v) is 11.1. The number of carbonyl (C=O) groups is 1. The first-order valence-corrected chi connectivity index (χ1v) is 6.26. The Hall–Kier alpha value is -2.67. The van der Waals surface area contributed by atoms with Crippen molar-refractivity contribution in [3.8, 4) is 12.3 Å². The molecule has 1 atom stereocenters. The standard InChI is InChI=1S/C17H12F2O2/c1-2-14(10-12-6-4-3-5-7-12)21-17(20)15-11-13(18)8-9-16(15)19/h1,3-9,11,14H,10H2/t14-/m1/s1. The minimum absolute atomic E-state index is 0.306. The van der Waals surface area contributed by atoms with Crippen molar-refractivity contribution in [2.24, 2.45) is 0 Å². The van der Waals surface area contributed by atoms with E-state index in [1.165, 1.54) is 0 Å². The molecule has 0 amide bonds. The second kappa shape index (κ2) is 6.67. The highest BCUT2D eigenvalue weighted by atomic mass is 19.1. The van der Waals surface area contributed by atoms with Crippen LogP contribution < -0.4 is 0 Å². The smallest absolute Gasteiger partial charge is 0.342 e. The van der Waals surface area contributed by atoms with E-state index in [0.717, 1.165) is 23.8 Å². The number of rotatable bonds is 4. The van der Waals surface area contributed by atoms with Crippen molar-refractivity contribution in [1.82, 2.24) is 0 Å². The molecule has 0 radical (unpaired) electrons. The topological polar surface area (TPSA) is 26.3 Å². The van der Waals surface area contributed by atoms with Gasteiger partial charge in [-0.15, -0.1) is 6.42 Å². The summed E-state index contributed by atoms with van der Waals surface area (Å²) in [6.07, 6.45) is 4.78. The molecule has 0 aromatic heterocycles. The number of ether oxygens (including phenoxy) is 1. The van der Waals surface area contributed by atoms with E-state index in [1.807, 2.05) is 30.3 Å². The molecule has 0 heterocycles. The lowest BCUT2D eigenvalue weighted by atomic mass is 10.1. The van der Waals surface area contributed by atoms with Crippen LogP contribution in [-0.4, -0.2) is 12.1 Å². The summed E-state index contributed by atoms with van der Waals surface area (Å²) >= 11 is 0. The van der Waals surface area contributed by atoms with E-state index in [-0.39, 0.29) is 0 Å². The predicted octanol–water partition coefficient (Wildman–Crippen LogP) is 3.37. The molecule has 0 spiro atoms. The van der Waals surface area contributed by atoms with E-state index in [0.29, 0.717) is 6.42 Å². The number of terminal acetylenes is 1. The maximum absolute atomic E-state index is 13.5. The van der Waals surface area contributed by atoms with Crippen LogP contribution in [0, 0.1) is 24.0 Å². The summed E-state index contributed by atoms with van der Waals surface area (Å²) in [4.78, 5) is 11.9. The van der Waals surface area contributed by atoms with Gasteiger partial charge >= 0.3 is 5.97 Å². The Morgan fingerprint density at radius 3 is 2.57 bits per heavy atom. The van der Waals surface area contributed by atoms with Gasteiger partial charge in [-0.2, -0.15) is 0 Å². The molecule has 0 N–H and O–H groups in total. The van der Waals surface area contributed by atoms with Crippen molar-refractivity contribution in [2.45, 2.75) is 12.5 Å². The largest absolute Gasteiger partial charge is 0.445 e.